The molecule has 0 spiro atoms. The molecular weight excluding hydrogens is 431 g/mol. The SMILES string of the molecule is CCNC(=NCc1ccc([N+](=O)[O-])cc1)NCCC1=CCCCC1.I. The largest absolute Gasteiger partial charge is 0.357 e. The van der Waals surface area contributed by atoms with Crippen LogP contribution in [0.15, 0.2) is 40.9 Å². The first kappa shape index (κ1) is 21.4. The van der Waals surface area contributed by atoms with Crippen LogP contribution in [0, 0.1) is 10.1 Å². The van der Waals surface area contributed by atoms with Crippen molar-refractivity contribution < 1.29 is 4.92 Å². The maximum absolute atomic E-state index is 10.7. The molecule has 0 saturated heterocycles. The van der Waals surface area contributed by atoms with Gasteiger partial charge in [0.1, 0.15) is 0 Å². The van der Waals surface area contributed by atoms with Crippen molar-refractivity contribution in [3.8, 4) is 0 Å². The monoisotopic (exact) mass is 458 g/mol. The van der Waals surface area contributed by atoms with Crippen molar-refractivity contribution >= 4 is 35.6 Å². The predicted molar refractivity (Wildman–Crippen MR) is 112 cm³/mol. The Morgan fingerprint density at radius 1 is 1.24 bits per heavy atom. The fourth-order valence-corrected chi connectivity index (χ4v) is 2.71. The van der Waals surface area contributed by atoms with Gasteiger partial charge in [-0.3, -0.25) is 10.1 Å². The molecule has 138 valence electrons. The summed E-state index contributed by atoms with van der Waals surface area (Å²) >= 11 is 0. The number of nitrogens with one attached hydrogen (secondary N) is 2. The summed E-state index contributed by atoms with van der Waals surface area (Å²) in [5.74, 6) is 0.785. The van der Waals surface area contributed by atoms with Crippen LogP contribution >= 0.6 is 24.0 Å². The Balaban J connectivity index is 0.00000312. The van der Waals surface area contributed by atoms with Gasteiger partial charge in [-0.1, -0.05) is 23.8 Å². The lowest BCUT2D eigenvalue weighted by molar-refractivity contribution is -0.384. The molecule has 0 aromatic heterocycles. The lowest BCUT2D eigenvalue weighted by atomic mass is 9.97. The molecule has 0 aliphatic heterocycles. The molecule has 0 unspecified atom stereocenters. The topological polar surface area (TPSA) is 79.6 Å². The van der Waals surface area contributed by atoms with E-state index in [1.54, 1.807) is 17.7 Å². The molecule has 2 rings (SSSR count). The van der Waals surface area contributed by atoms with E-state index < -0.39 is 4.92 Å². The zero-order valence-electron chi connectivity index (χ0n) is 14.7. The number of hydrogen-bond donors (Lipinski definition) is 2. The van der Waals surface area contributed by atoms with Gasteiger partial charge in [0.25, 0.3) is 5.69 Å². The first-order valence-electron chi connectivity index (χ1n) is 8.62. The summed E-state index contributed by atoms with van der Waals surface area (Å²) in [6.07, 6.45) is 8.48. The normalized spacial score (nSPS) is 14.3. The Labute approximate surface area is 166 Å². The van der Waals surface area contributed by atoms with Crippen molar-refractivity contribution in [2.75, 3.05) is 13.1 Å². The number of nitro groups is 1. The van der Waals surface area contributed by atoms with Crippen molar-refractivity contribution in [2.24, 2.45) is 4.99 Å². The number of nitrogens with zero attached hydrogens (tertiary/aromatic N) is 2. The molecule has 0 heterocycles. The van der Waals surface area contributed by atoms with Gasteiger partial charge in [-0.2, -0.15) is 0 Å². The second-order valence-electron chi connectivity index (χ2n) is 5.90. The van der Waals surface area contributed by atoms with Gasteiger partial charge >= 0.3 is 0 Å². The van der Waals surface area contributed by atoms with Crippen LogP contribution in [0.5, 0.6) is 0 Å². The van der Waals surface area contributed by atoms with Gasteiger partial charge in [0, 0.05) is 25.2 Å². The zero-order chi connectivity index (χ0) is 17.2. The van der Waals surface area contributed by atoms with Gasteiger partial charge < -0.3 is 10.6 Å². The molecule has 2 N–H and O–H groups in total. The number of non-ortho nitro benzene ring substituents is 1. The van der Waals surface area contributed by atoms with Gasteiger partial charge in [-0.25, -0.2) is 4.99 Å². The number of rotatable bonds is 7. The average Bonchev–Trinajstić information content (AvgIpc) is 2.61. The average molecular weight is 458 g/mol. The number of halogens is 1. The predicted octanol–water partition coefficient (Wildman–Crippen LogP) is 4.16. The summed E-state index contributed by atoms with van der Waals surface area (Å²) < 4.78 is 0. The number of hydrogen-bond acceptors (Lipinski definition) is 3. The number of nitro benzene ring substituents is 1. The number of guanidine groups is 1. The Morgan fingerprint density at radius 2 is 2.00 bits per heavy atom. The van der Waals surface area contributed by atoms with E-state index in [0.717, 1.165) is 31.0 Å². The Hall–Kier alpha value is -1.64. The van der Waals surface area contributed by atoms with Crippen LogP contribution in [-0.4, -0.2) is 24.0 Å². The van der Waals surface area contributed by atoms with Gasteiger partial charge in [0.2, 0.25) is 0 Å². The molecule has 7 heteroatoms. The quantitative estimate of drug-likeness (QED) is 0.161. The van der Waals surface area contributed by atoms with Crippen molar-refractivity contribution in [2.45, 2.75) is 45.6 Å². The molecular formula is C18H27IN4O2. The molecule has 0 amide bonds. The summed E-state index contributed by atoms with van der Waals surface area (Å²) in [4.78, 5) is 14.8. The van der Waals surface area contributed by atoms with E-state index in [4.69, 9.17) is 0 Å². The molecule has 0 fully saturated rings. The maximum atomic E-state index is 10.7. The smallest absolute Gasteiger partial charge is 0.269 e. The summed E-state index contributed by atoms with van der Waals surface area (Å²) in [6.45, 7) is 4.20. The number of benzene rings is 1. The molecule has 0 bridgehead atoms. The molecule has 6 nitrogen and oxygen atoms in total. The molecule has 1 aliphatic rings. The minimum Gasteiger partial charge on any atom is -0.357 e. The number of aliphatic imine (C=N–C) groups is 1. The fraction of sp³-hybridized carbons (Fsp3) is 0.500. The lowest BCUT2D eigenvalue weighted by Gasteiger charge is -2.15. The number of allylic oxidation sites excluding steroid dienone is 1. The Morgan fingerprint density at radius 3 is 2.60 bits per heavy atom. The van der Waals surface area contributed by atoms with Crippen LogP contribution in [0.1, 0.15) is 44.6 Å². The maximum Gasteiger partial charge on any atom is 0.269 e. The van der Waals surface area contributed by atoms with E-state index in [9.17, 15) is 10.1 Å². The highest BCUT2D eigenvalue weighted by Gasteiger charge is 2.05. The molecule has 25 heavy (non-hydrogen) atoms. The summed E-state index contributed by atoms with van der Waals surface area (Å²) in [7, 11) is 0. The zero-order valence-corrected chi connectivity index (χ0v) is 17.0. The standard InChI is InChI=1S/C18H26N4O2.HI/c1-2-19-18(20-13-12-15-6-4-3-5-7-15)21-14-16-8-10-17(11-9-16)22(23)24;/h6,8-11H,2-5,7,12-14H2,1H3,(H2,19,20,21);1H. The van der Waals surface area contributed by atoms with E-state index >= 15 is 0 Å². The molecule has 0 radical (unpaired) electrons. The van der Waals surface area contributed by atoms with Crippen LogP contribution in [0.3, 0.4) is 0 Å². The third-order valence-electron chi connectivity index (χ3n) is 4.03. The van der Waals surface area contributed by atoms with E-state index in [1.807, 2.05) is 6.92 Å². The van der Waals surface area contributed by atoms with E-state index in [2.05, 4.69) is 21.7 Å². The van der Waals surface area contributed by atoms with Gasteiger partial charge in [0.05, 0.1) is 11.5 Å². The molecule has 1 aliphatic carbocycles. The first-order valence-corrected chi connectivity index (χ1v) is 8.62. The third-order valence-corrected chi connectivity index (χ3v) is 4.03. The summed E-state index contributed by atoms with van der Waals surface area (Å²) in [6, 6.07) is 6.53. The van der Waals surface area contributed by atoms with E-state index in [1.165, 1.54) is 37.8 Å². The minimum absolute atomic E-state index is 0. The fourth-order valence-electron chi connectivity index (χ4n) is 2.71. The Bertz CT molecular complexity index is 600. The van der Waals surface area contributed by atoms with Crippen LogP contribution in [-0.2, 0) is 6.54 Å². The van der Waals surface area contributed by atoms with Crippen molar-refractivity contribution in [1.82, 2.24) is 10.6 Å². The van der Waals surface area contributed by atoms with Crippen molar-refractivity contribution in [1.29, 1.82) is 0 Å². The molecule has 0 saturated carbocycles. The summed E-state index contributed by atoms with van der Waals surface area (Å²) in [5.41, 5.74) is 2.60. The summed E-state index contributed by atoms with van der Waals surface area (Å²) in [5, 5.41) is 17.3. The Kier molecular flexibility index (Phi) is 10.1. The van der Waals surface area contributed by atoms with Gasteiger partial charge in [-0.15, -0.1) is 24.0 Å². The van der Waals surface area contributed by atoms with Crippen molar-refractivity contribution in [3.63, 3.8) is 0 Å². The highest BCUT2D eigenvalue weighted by molar-refractivity contribution is 14.0. The second-order valence-corrected chi connectivity index (χ2v) is 5.90. The second kappa shape index (κ2) is 11.8. The highest BCUT2D eigenvalue weighted by Crippen LogP contribution is 2.19. The molecule has 1 aromatic carbocycles. The van der Waals surface area contributed by atoms with E-state index in [-0.39, 0.29) is 29.7 Å². The van der Waals surface area contributed by atoms with Crippen LogP contribution < -0.4 is 10.6 Å². The van der Waals surface area contributed by atoms with Crippen molar-refractivity contribution in [3.05, 3.63) is 51.6 Å². The lowest BCUT2D eigenvalue weighted by Crippen LogP contribution is -2.37. The van der Waals surface area contributed by atoms with Crippen LogP contribution in [0.4, 0.5) is 5.69 Å². The third kappa shape index (κ3) is 7.85. The molecule has 0 atom stereocenters. The van der Waals surface area contributed by atoms with Crippen LogP contribution in [0.25, 0.3) is 0 Å². The highest BCUT2D eigenvalue weighted by atomic mass is 127. The first-order chi connectivity index (χ1) is 11.7. The van der Waals surface area contributed by atoms with Gasteiger partial charge in [-0.05, 0) is 44.6 Å². The van der Waals surface area contributed by atoms with Crippen LogP contribution in [0.2, 0.25) is 0 Å². The molecule has 1 aromatic rings. The van der Waals surface area contributed by atoms with E-state index in [0.29, 0.717) is 6.54 Å². The van der Waals surface area contributed by atoms with Gasteiger partial charge in [0.15, 0.2) is 5.96 Å². The minimum atomic E-state index is -0.390.